The van der Waals surface area contributed by atoms with Gasteiger partial charge < -0.3 is 16.0 Å². The summed E-state index contributed by atoms with van der Waals surface area (Å²) in [4.78, 5) is 11.5. The van der Waals surface area contributed by atoms with Gasteiger partial charge in [-0.25, -0.2) is 0 Å². The zero-order valence-corrected chi connectivity index (χ0v) is 10.8. The number of hydrogen-bond donors (Lipinski definition) is 3. The van der Waals surface area contributed by atoms with Crippen molar-refractivity contribution >= 4 is 17.3 Å². The zero-order valence-electron chi connectivity index (χ0n) is 10.8. The average Bonchev–Trinajstić information content (AvgIpc) is 2.82. The van der Waals surface area contributed by atoms with Crippen molar-refractivity contribution in [3.8, 4) is 0 Å². The van der Waals surface area contributed by atoms with Gasteiger partial charge in [0, 0.05) is 17.4 Å². The summed E-state index contributed by atoms with van der Waals surface area (Å²) in [5, 5.41) is 9.22. The number of anilines is 2. The number of rotatable bonds is 5. The molecule has 4 nitrogen and oxygen atoms in total. The van der Waals surface area contributed by atoms with Crippen LogP contribution < -0.4 is 16.0 Å². The van der Waals surface area contributed by atoms with E-state index >= 15 is 0 Å². The van der Waals surface area contributed by atoms with E-state index in [-0.39, 0.29) is 5.91 Å². The molecule has 2 rings (SSSR count). The first-order valence-corrected chi connectivity index (χ1v) is 6.59. The maximum Gasteiger partial charge on any atom is 0.238 e. The van der Waals surface area contributed by atoms with Gasteiger partial charge in [0.05, 0.1) is 6.54 Å². The first-order valence-electron chi connectivity index (χ1n) is 6.59. The van der Waals surface area contributed by atoms with Crippen molar-refractivity contribution in [2.24, 2.45) is 0 Å². The van der Waals surface area contributed by atoms with Gasteiger partial charge >= 0.3 is 0 Å². The van der Waals surface area contributed by atoms with Gasteiger partial charge in [0.25, 0.3) is 0 Å². The third-order valence-corrected chi connectivity index (χ3v) is 3.21. The lowest BCUT2D eigenvalue weighted by Gasteiger charge is -2.14. The van der Waals surface area contributed by atoms with E-state index in [0.717, 1.165) is 11.4 Å². The van der Waals surface area contributed by atoms with Crippen molar-refractivity contribution in [3.63, 3.8) is 0 Å². The van der Waals surface area contributed by atoms with Crippen LogP contribution in [0.25, 0.3) is 0 Å². The molecule has 98 valence electrons. The Balaban J connectivity index is 1.93. The minimum atomic E-state index is -0.0180. The lowest BCUT2D eigenvalue weighted by Crippen LogP contribution is -2.25. The molecule has 1 aliphatic rings. The minimum absolute atomic E-state index is 0.0180. The molecule has 0 heterocycles. The quantitative estimate of drug-likeness (QED) is 0.747. The van der Waals surface area contributed by atoms with Crippen LogP contribution in [0.1, 0.15) is 25.7 Å². The third kappa shape index (κ3) is 3.74. The molecule has 1 aromatic rings. The summed E-state index contributed by atoms with van der Waals surface area (Å²) in [5.74, 6) is -0.0180. The Kier molecular flexibility index (Phi) is 4.59. The number of carbonyl (C=O) groups is 1. The highest BCUT2D eigenvalue weighted by molar-refractivity contribution is 5.92. The second-order valence-corrected chi connectivity index (χ2v) is 4.79. The molecule has 1 saturated carbocycles. The highest BCUT2D eigenvalue weighted by atomic mass is 16.1. The Morgan fingerprint density at radius 2 is 2.00 bits per heavy atom. The molecule has 1 aromatic carbocycles. The van der Waals surface area contributed by atoms with Crippen LogP contribution in [0.15, 0.2) is 24.3 Å². The Morgan fingerprint density at radius 3 is 2.72 bits per heavy atom. The topological polar surface area (TPSA) is 53.2 Å². The summed E-state index contributed by atoms with van der Waals surface area (Å²) >= 11 is 0. The molecule has 0 bridgehead atoms. The van der Waals surface area contributed by atoms with Gasteiger partial charge in [-0.3, -0.25) is 4.79 Å². The highest BCUT2D eigenvalue weighted by Crippen LogP contribution is 2.23. The maximum atomic E-state index is 11.5. The predicted octanol–water partition coefficient (Wildman–Crippen LogP) is 2.20. The lowest BCUT2D eigenvalue weighted by atomic mass is 10.2. The van der Waals surface area contributed by atoms with E-state index in [2.05, 4.69) is 16.0 Å². The van der Waals surface area contributed by atoms with Gasteiger partial charge in [-0.2, -0.15) is 0 Å². The monoisotopic (exact) mass is 247 g/mol. The highest BCUT2D eigenvalue weighted by Gasteiger charge is 2.14. The Labute approximate surface area is 108 Å². The third-order valence-electron chi connectivity index (χ3n) is 3.21. The Hall–Kier alpha value is -1.55. The first-order chi connectivity index (χ1) is 8.78. The summed E-state index contributed by atoms with van der Waals surface area (Å²) in [5.41, 5.74) is 1.93. The summed E-state index contributed by atoms with van der Waals surface area (Å²) in [6.07, 6.45) is 5.12. The largest absolute Gasteiger partial charge is 0.382 e. The number of nitrogens with one attached hydrogen (secondary N) is 3. The van der Waals surface area contributed by atoms with Gasteiger partial charge in [0.1, 0.15) is 0 Å². The molecule has 3 N–H and O–H groups in total. The van der Waals surface area contributed by atoms with Crippen LogP contribution in [0.3, 0.4) is 0 Å². The molecule has 4 heteroatoms. The molecule has 1 aliphatic carbocycles. The van der Waals surface area contributed by atoms with Crippen molar-refractivity contribution < 1.29 is 4.79 Å². The fraction of sp³-hybridized carbons (Fsp3) is 0.500. The van der Waals surface area contributed by atoms with Crippen LogP contribution in [0.4, 0.5) is 11.4 Å². The number of benzene rings is 1. The SMILES string of the molecule is CNCC(=O)Nc1cccc(NC2CCCC2)c1. The molecule has 0 saturated heterocycles. The fourth-order valence-corrected chi connectivity index (χ4v) is 2.36. The van der Waals surface area contributed by atoms with Crippen molar-refractivity contribution in [1.82, 2.24) is 5.32 Å². The molecule has 0 aliphatic heterocycles. The molecular weight excluding hydrogens is 226 g/mol. The Morgan fingerprint density at radius 1 is 1.28 bits per heavy atom. The normalized spacial score (nSPS) is 15.6. The second-order valence-electron chi connectivity index (χ2n) is 4.79. The zero-order chi connectivity index (χ0) is 12.8. The second kappa shape index (κ2) is 6.40. The van der Waals surface area contributed by atoms with Gasteiger partial charge in [-0.05, 0) is 38.1 Å². The van der Waals surface area contributed by atoms with E-state index in [1.54, 1.807) is 7.05 Å². The molecule has 0 spiro atoms. The number of amides is 1. The minimum Gasteiger partial charge on any atom is -0.382 e. The van der Waals surface area contributed by atoms with Crippen molar-refractivity contribution in [3.05, 3.63) is 24.3 Å². The van der Waals surface area contributed by atoms with Crippen molar-refractivity contribution in [2.45, 2.75) is 31.7 Å². The number of hydrogen-bond acceptors (Lipinski definition) is 3. The van der Waals surface area contributed by atoms with E-state index in [1.165, 1.54) is 25.7 Å². The van der Waals surface area contributed by atoms with Crippen LogP contribution in [0, 0.1) is 0 Å². The van der Waals surface area contributed by atoms with E-state index in [0.29, 0.717) is 12.6 Å². The number of likely N-dealkylation sites (N-methyl/N-ethyl adjacent to an activating group) is 1. The van der Waals surface area contributed by atoms with Crippen molar-refractivity contribution in [2.75, 3.05) is 24.2 Å². The van der Waals surface area contributed by atoms with Gasteiger partial charge in [-0.1, -0.05) is 18.9 Å². The lowest BCUT2D eigenvalue weighted by molar-refractivity contribution is -0.115. The molecule has 18 heavy (non-hydrogen) atoms. The summed E-state index contributed by atoms with van der Waals surface area (Å²) < 4.78 is 0. The van der Waals surface area contributed by atoms with Crippen LogP contribution in [0.5, 0.6) is 0 Å². The summed E-state index contributed by atoms with van der Waals surface area (Å²) in [6, 6.07) is 8.51. The van der Waals surface area contributed by atoms with E-state index < -0.39 is 0 Å². The van der Waals surface area contributed by atoms with Crippen LogP contribution >= 0.6 is 0 Å². The molecule has 0 radical (unpaired) electrons. The molecule has 1 fully saturated rings. The van der Waals surface area contributed by atoms with Crippen LogP contribution in [-0.2, 0) is 4.79 Å². The fourth-order valence-electron chi connectivity index (χ4n) is 2.36. The van der Waals surface area contributed by atoms with Gasteiger partial charge in [0.2, 0.25) is 5.91 Å². The van der Waals surface area contributed by atoms with E-state index in [9.17, 15) is 4.79 Å². The maximum absolute atomic E-state index is 11.5. The molecule has 0 atom stereocenters. The van der Waals surface area contributed by atoms with Crippen molar-refractivity contribution in [1.29, 1.82) is 0 Å². The van der Waals surface area contributed by atoms with E-state index in [4.69, 9.17) is 0 Å². The molecule has 1 amide bonds. The smallest absolute Gasteiger partial charge is 0.238 e. The van der Waals surface area contributed by atoms with Crippen LogP contribution in [-0.4, -0.2) is 25.5 Å². The standard InChI is InChI=1S/C14H21N3O/c1-15-10-14(18)17-13-8-4-7-12(9-13)16-11-5-2-3-6-11/h4,7-9,11,15-16H,2-3,5-6,10H2,1H3,(H,17,18). The Bertz CT molecular complexity index is 400. The van der Waals surface area contributed by atoms with Crippen LogP contribution in [0.2, 0.25) is 0 Å². The first kappa shape index (κ1) is 12.9. The predicted molar refractivity (Wildman–Crippen MR) is 74.9 cm³/mol. The summed E-state index contributed by atoms with van der Waals surface area (Å²) in [6.45, 7) is 0.334. The van der Waals surface area contributed by atoms with Gasteiger partial charge in [-0.15, -0.1) is 0 Å². The average molecular weight is 247 g/mol. The molecular formula is C14H21N3O. The summed E-state index contributed by atoms with van der Waals surface area (Å²) in [7, 11) is 1.76. The van der Waals surface area contributed by atoms with Gasteiger partial charge in [0.15, 0.2) is 0 Å². The number of carbonyl (C=O) groups excluding carboxylic acids is 1. The molecule has 0 unspecified atom stereocenters. The van der Waals surface area contributed by atoms with E-state index in [1.807, 2.05) is 24.3 Å². The molecule has 0 aromatic heterocycles.